The van der Waals surface area contributed by atoms with Crippen LogP contribution in [0, 0.1) is 0 Å². The topological polar surface area (TPSA) is 38.3 Å². The fourth-order valence-corrected chi connectivity index (χ4v) is 2.94. The molecule has 1 aromatic rings. The van der Waals surface area contributed by atoms with E-state index in [-0.39, 0.29) is 18.1 Å². The van der Waals surface area contributed by atoms with Gasteiger partial charge in [-0.15, -0.1) is 12.6 Å². The highest BCUT2D eigenvalue weighted by molar-refractivity contribution is 9.10. The van der Waals surface area contributed by atoms with E-state index in [2.05, 4.69) is 33.9 Å². The third-order valence-electron chi connectivity index (χ3n) is 3.27. The molecule has 0 aliphatic heterocycles. The number of hydrogen-bond donors (Lipinski definition) is 2. The summed E-state index contributed by atoms with van der Waals surface area (Å²) in [6.07, 6.45) is 3.21. The zero-order chi connectivity index (χ0) is 13.1. The van der Waals surface area contributed by atoms with Crippen molar-refractivity contribution in [2.75, 3.05) is 7.11 Å². The summed E-state index contributed by atoms with van der Waals surface area (Å²) in [5.41, 5.74) is 0.615. The zero-order valence-corrected chi connectivity index (χ0v) is 12.6. The molecule has 2 atom stereocenters. The molecule has 5 heteroatoms. The molecule has 2 unspecified atom stereocenters. The molecule has 0 aromatic heterocycles. The smallest absolute Gasteiger partial charge is 0.252 e. The van der Waals surface area contributed by atoms with Crippen LogP contribution in [0.1, 0.15) is 29.6 Å². The van der Waals surface area contributed by atoms with Gasteiger partial charge in [-0.25, -0.2) is 0 Å². The van der Waals surface area contributed by atoms with E-state index in [4.69, 9.17) is 4.74 Å². The maximum absolute atomic E-state index is 12.2. The minimum absolute atomic E-state index is 0.0771. The number of thiol groups is 1. The van der Waals surface area contributed by atoms with Crippen molar-refractivity contribution in [3.05, 3.63) is 28.2 Å². The van der Waals surface area contributed by atoms with Crippen LogP contribution in [0.15, 0.2) is 27.6 Å². The maximum atomic E-state index is 12.2. The van der Waals surface area contributed by atoms with E-state index >= 15 is 0 Å². The average molecular weight is 330 g/mol. The lowest BCUT2D eigenvalue weighted by molar-refractivity contribution is 0.0721. The Bertz CT molecular complexity index is 453. The first kappa shape index (κ1) is 13.9. The summed E-state index contributed by atoms with van der Waals surface area (Å²) in [5, 5.41) is 3.04. The minimum Gasteiger partial charge on any atom is -0.379 e. The molecule has 1 N–H and O–H groups in total. The first-order chi connectivity index (χ1) is 8.61. The molecule has 0 radical (unpaired) electrons. The van der Waals surface area contributed by atoms with Crippen LogP contribution in [-0.4, -0.2) is 25.2 Å². The lowest BCUT2D eigenvalue weighted by Gasteiger charge is -2.20. The van der Waals surface area contributed by atoms with Gasteiger partial charge >= 0.3 is 0 Å². The summed E-state index contributed by atoms with van der Waals surface area (Å²) in [4.78, 5) is 13.0. The van der Waals surface area contributed by atoms with Crippen molar-refractivity contribution in [2.45, 2.75) is 36.3 Å². The van der Waals surface area contributed by atoms with Gasteiger partial charge in [-0.05, 0) is 53.4 Å². The zero-order valence-electron chi connectivity index (χ0n) is 10.1. The number of rotatable bonds is 3. The molecule has 0 bridgehead atoms. The van der Waals surface area contributed by atoms with Crippen molar-refractivity contribution in [2.24, 2.45) is 0 Å². The minimum atomic E-state index is -0.0771. The van der Waals surface area contributed by atoms with Crippen LogP contribution in [0.2, 0.25) is 0 Å². The predicted octanol–water partition coefficient (Wildman–Crippen LogP) is 3.04. The highest BCUT2D eigenvalue weighted by Crippen LogP contribution is 2.24. The van der Waals surface area contributed by atoms with Crippen molar-refractivity contribution >= 4 is 34.5 Å². The quantitative estimate of drug-likeness (QED) is 0.836. The van der Waals surface area contributed by atoms with Crippen LogP contribution in [0.5, 0.6) is 0 Å². The number of methoxy groups -OCH3 is 1. The van der Waals surface area contributed by atoms with Gasteiger partial charge in [0.05, 0.1) is 17.7 Å². The van der Waals surface area contributed by atoms with Crippen LogP contribution < -0.4 is 5.32 Å². The van der Waals surface area contributed by atoms with Crippen molar-refractivity contribution in [3.63, 3.8) is 0 Å². The molecule has 3 nitrogen and oxygen atoms in total. The lowest BCUT2D eigenvalue weighted by atomic mass is 10.1. The fraction of sp³-hybridized carbons (Fsp3) is 0.462. The molecule has 1 fully saturated rings. The molecule has 1 aliphatic carbocycles. The second-order valence-corrected chi connectivity index (χ2v) is 5.82. The summed E-state index contributed by atoms with van der Waals surface area (Å²) in [7, 11) is 1.69. The standard InChI is InChI=1S/C13H16BrNO2S/c1-17-12-4-2-3-11(12)15-13(16)9-7-8(18)5-6-10(9)14/h5-7,11-12,18H,2-4H2,1H3,(H,15,16). The molecule has 0 saturated heterocycles. The summed E-state index contributed by atoms with van der Waals surface area (Å²) in [6, 6.07) is 5.55. The third-order valence-corrected chi connectivity index (χ3v) is 4.24. The molecule has 0 heterocycles. The van der Waals surface area contributed by atoms with Crippen molar-refractivity contribution in [1.29, 1.82) is 0 Å². The van der Waals surface area contributed by atoms with Crippen molar-refractivity contribution in [3.8, 4) is 0 Å². The van der Waals surface area contributed by atoms with Gasteiger partial charge in [0.2, 0.25) is 0 Å². The number of ether oxygens (including phenoxy) is 1. The SMILES string of the molecule is COC1CCCC1NC(=O)c1cc(S)ccc1Br. The van der Waals surface area contributed by atoms with Crippen molar-refractivity contribution in [1.82, 2.24) is 5.32 Å². The molecule has 1 saturated carbocycles. The maximum Gasteiger partial charge on any atom is 0.252 e. The van der Waals surface area contributed by atoms with E-state index in [9.17, 15) is 4.79 Å². The van der Waals surface area contributed by atoms with Gasteiger partial charge in [-0.2, -0.15) is 0 Å². The Morgan fingerprint density at radius 3 is 3.00 bits per heavy atom. The Balaban J connectivity index is 2.09. The van der Waals surface area contributed by atoms with E-state index in [1.807, 2.05) is 12.1 Å². The Morgan fingerprint density at radius 1 is 1.50 bits per heavy atom. The van der Waals surface area contributed by atoms with E-state index in [1.54, 1.807) is 13.2 Å². The first-order valence-corrected chi connectivity index (χ1v) is 7.18. The third kappa shape index (κ3) is 3.08. The Morgan fingerprint density at radius 2 is 2.28 bits per heavy atom. The van der Waals surface area contributed by atoms with Crippen LogP contribution in [0.3, 0.4) is 0 Å². The molecule has 1 amide bonds. The normalized spacial score (nSPS) is 23.1. The Labute approximate surface area is 121 Å². The molecule has 98 valence electrons. The van der Waals surface area contributed by atoms with Gasteiger partial charge < -0.3 is 10.1 Å². The highest BCUT2D eigenvalue weighted by Gasteiger charge is 2.29. The summed E-state index contributed by atoms with van der Waals surface area (Å²) in [6.45, 7) is 0. The molecule has 1 aliphatic rings. The first-order valence-electron chi connectivity index (χ1n) is 5.94. The number of hydrogen-bond acceptors (Lipinski definition) is 3. The van der Waals surface area contributed by atoms with E-state index in [1.165, 1.54) is 0 Å². The van der Waals surface area contributed by atoms with Crippen molar-refractivity contribution < 1.29 is 9.53 Å². The van der Waals surface area contributed by atoms with E-state index < -0.39 is 0 Å². The van der Waals surface area contributed by atoms with Crippen LogP contribution in [0.4, 0.5) is 0 Å². The lowest BCUT2D eigenvalue weighted by Crippen LogP contribution is -2.40. The summed E-state index contributed by atoms with van der Waals surface area (Å²) < 4.78 is 6.16. The summed E-state index contributed by atoms with van der Waals surface area (Å²) in [5.74, 6) is -0.0771. The average Bonchev–Trinajstić information content (AvgIpc) is 2.79. The number of amides is 1. The largest absolute Gasteiger partial charge is 0.379 e. The molecular weight excluding hydrogens is 314 g/mol. The molecule has 0 spiro atoms. The molecule has 18 heavy (non-hydrogen) atoms. The number of nitrogens with one attached hydrogen (secondary N) is 1. The van der Waals surface area contributed by atoms with E-state index in [0.717, 1.165) is 28.6 Å². The fourth-order valence-electron chi connectivity index (χ4n) is 2.31. The van der Waals surface area contributed by atoms with Gasteiger partial charge in [-0.3, -0.25) is 4.79 Å². The van der Waals surface area contributed by atoms with Gasteiger partial charge in [0.15, 0.2) is 0 Å². The second-order valence-electron chi connectivity index (χ2n) is 4.45. The van der Waals surface area contributed by atoms with Crippen LogP contribution in [0.25, 0.3) is 0 Å². The second kappa shape index (κ2) is 6.08. The molecule has 2 rings (SSSR count). The number of carbonyl (C=O) groups is 1. The Kier molecular flexibility index (Phi) is 4.70. The number of halogens is 1. The van der Waals surface area contributed by atoms with E-state index in [0.29, 0.717) is 5.56 Å². The number of carbonyl (C=O) groups excluding carboxylic acids is 1. The van der Waals surface area contributed by atoms with Crippen LogP contribution >= 0.6 is 28.6 Å². The monoisotopic (exact) mass is 329 g/mol. The number of benzene rings is 1. The van der Waals surface area contributed by atoms with Gasteiger partial charge in [0, 0.05) is 16.5 Å². The summed E-state index contributed by atoms with van der Waals surface area (Å²) >= 11 is 7.64. The Hall–Kier alpha value is -0.520. The van der Waals surface area contributed by atoms with Gasteiger partial charge in [-0.1, -0.05) is 0 Å². The van der Waals surface area contributed by atoms with Gasteiger partial charge in [0.1, 0.15) is 0 Å². The highest BCUT2D eigenvalue weighted by atomic mass is 79.9. The van der Waals surface area contributed by atoms with Crippen LogP contribution in [-0.2, 0) is 4.74 Å². The molecule has 1 aromatic carbocycles. The predicted molar refractivity (Wildman–Crippen MR) is 77.3 cm³/mol. The molecular formula is C13H16BrNO2S. The van der Waals surface area contributed by atoms with Gasteiger partial charge in [0.25, 0.3) is 5.91 Å².